The van der Waals surface area contributed by atoms with Gasteiger partial charge in [0.15, 0.2) is 0 Å². The van der Waals surface area contributed by atoms with Crippen LogP contribution in [0.15, 0.2) is 0 Å². The van der Waals surface area contributed by atoms with E-state index >= 15 is 0 Å². The third kappa shape index (κ3) is 48.3. The molecule has 0 heterocycles. The Morgan fingerprint density at radius 1 is 0.314 bits per heavy atom. The highest BCUT2D eigenvalue weighted by Gasteiger charge is 2.35. The summed E-state index contributed by atoms with van der Waals surface area (Å²) in [5.41, 5.74) is 0. The van der Waals surface area contributed by atoms with Crippen LogP contribution in [-0.2, 0) is 0 Å². The van der Waals surface area contributed by atoms with Crippen molar-refractivity contribution >= 4 is 21.6 Å². The van der Waals surface area contributed by atoms with Crippen molar-refractivity contribution in [1.82, 2.24) is 9.80 Å². The molecule has 0 bridgehead atoms. The summed E-state index contributed by atoms with van der Waals surface area (Å²) in [6.45, 7) is 17.0. The van der Waals surface area contributed by atoms with Gasteiger partial charge in [0.25, 0.3) is 0 Å². The molecule has 0 aliphatic heterocycles. The molecule has 0 radical (unpaired) electrons. The molecule has 1 fully saturated rings. The fraction of sp³-hybridized carbons (Fsp3) is 1.00. The maximum atomic E-state index is 2.67. The first-order chi connectivity index (χ1) is 34.4. The second-order valence-corrected chi connectivity index (χ2v) is 27.1. The Bertz CT molecular complexity index is 939. The third-order valence-electron chi connectivity index (χ3n) is 17.3. The Balaban J connectivity index is 2.27. The van der Waals surface area contributed by atoms with Gasteiger partial charge in [0, 0.05) is 24.6 Å². The molecule has 0 aromatic carbocycles. The summed E-state index contributed by atoms with van der Waals surface area (Å²) in [5, 5.41) is 0. The highest BCUT2D eigenvalue weighted by atomic mass is 33.1. The zero-order valence-corrected chi connectivity index (χ0v) is 51.4. The predicted octanol–water partition coefficient (Wildman–Crippen LogP) is 23.2. The van der Waals surface area contributed by atoms with Crippen LogP contribution in [0.3, 0.4) is 0 Å². The van der Waals surface area contributed by atoms with Crippen molar-refractivity contribution in [3.8, 4) is 0 Å². The maximum absolute atomic E-state index is 2.67. The maximum Gasteiger partial charge on any atom is 0.0165 e. The molecule has 420 valence electrons. The van der Waals surface area contributed by atoms with Crippen LogP contribution in [0, 0.1) is 29.6 Å². The SMILES string of the molecule is CCCCCCCCCC(C)CCCCCCCC(CCCCCCCCC)CCN(C)CCSSCCN(C)CCC(CCCCCCCCC)CCCCCCCC1CC1CCCCCCCC. The molecule has 5 unspecified atom stereocenters. The number of nitrogens with zero attached hydrogens (tertiary/aromatic N) is 2. The van der Waals surface area contributed by atoms with E-state index < -0.39 is 0 Å². The van der Waals surface area contributed by atoms with Gasteiger partial charge in [-0.15, -0.1) is 0 Å². The largest absolute Gasteiger partial charge is 0.306 e. The van der Waals surface area contributed by atoms with E-state index in [-0.39, 0.29) is 0 Å². The minimum absolute atomic E-state index is 0.943. The van der Waals surface area contributed by atoms with Crippen molar-refractivity contribution in [3.63, 3.8) is 0 Å². The lowest BCUT2D eigenvalue weighted by atomic mass is 9.91. The summed E-state index contributed by atoms with van der Waals surface area (Å²) in [6.07, 6.45) is 70.4. The average Bonchev–Trinajstić information content (AvgIpc) is 4.12. The van der Waals surface area contributed by atoms with Crippen LogP contribution in [0.2, 0.25) is 0 Å². The van der Waals surface area contributed by atoms with E-state index in [1.54, 1.807) is 19.3 Å². The molecule has 0 aromatic heterocycles. The summed E-state index contributed by atoms with van der Waals surface area (Å²) in [5.74, 6) is 7.60. The van der Waals surface area contributed by atoms with Crippen LogP contribution in [0.4, 0.5) is 0 Å². The van der Waals surface area contributed by atoms with Gasteiger partial charge >= 0.3 is 0 Å². The summed E-state index contributed by atoms with van der Waals surface area (Å²) in [7, 11) is 9.09. The molecule has 70 heavy (non-hydrogen) atoms. The molecule has 1 rings (SSSR count). The lowest BCUT2D eigenvalue weighted by Crippen LogP contribution is -2.25. The van der Waals surface area contributed by atoms with E-state index in [4.69, 9.17) is 0 Å². The minimum Gasteiger partial charge on any atom is -0.306 e. The van der Waals surface area contributed by atoms with Gasteiger partial charge in [0.1, 0.15) is 0 Å². The molecular weight excluding hydrogens is 885 g/mol. The molecule has 0 aromatic rings. The van der Waals surface area contributed by atoms with Gasteiger partial charge in [-0.1, -0.05) is 345 Å². The Kier molecular flexibility index (Phi) is 53.3. The van der Waals surface area contributed by atoms with Gasteiger partial charge in [-0.25, -0.2) is 0 Å². The second-order valence-electron chi connectivity index (χ2n) is 24.4. The van der Waals surface area contributed by atoms with Crippen molar-refractivity contribution < 1.29 is 0 Å². The summed E-state index contributed by atoms with van der Waals surface area (Å²) >= 11 is 0. The Hall–Kier alpha value is 0.620. The lowest BCUT2D eigenvalue weighted by Gasteiger charge is -2.22. The first kappa shape index (κ1) is 68.6. The summed E-state index contributed by atoms with van der Waals surface area (Å²) in [6, 6.07) is 0. The van der Waals surface area contributed by atoms with Crippen LogP contribution >= 0.6 is 21.6 Å². The van der Waals surface area contributed by atoms with Crippen LogP contribution in [0.1, 0.15) is 343 Å². The Morgan fingerprint density at radius 2 is 0.571 bits per heavy atom. The smallest absolute Gasteiger partial charge is 0.0165 e. The number of unbranched alkanes of at least 4 members (excludes halogenated alkanes) is 31. The molecule has 1 saturated carbocycles. The molecule has 0 amide bonds. The molecule has 5 atom stereocenters. The zero-order chi connectivity index (χ0) is 50.6. The first-order valence-electron chi connectivity index (χ1n) is 33.0. The molecule has 0 spiro atoms. The van der Waals surface area contributed by atoms with Crippen molar-refractivity contribution in [1.29, 1.82) is 0 Å². The predicted molar refractivity (Wildman–Crippen MR) is 327 cm³/mol. The van der Waals surface area contributed by atoms with E-state index in [1.165, 1.54) is 327 Å². The van der Waals surface area contributed by atoms with Gasteiger partial charge in [-0.2, -0.15) is 0 Å². The normalized spacial score (nSPS) is 16.2. The van der Waals surface area contributed by atoms with Gasteiger partial charge < -0.3 is 9.80 Å². The van der Waals surface area contributed by atoms with Crippen molar-refractivity contribution in [2.45, 2.75) is 343 Å². The molecule has 0 saturated heterocycles. The first-order valence-corrected chi connectivity index (χ1v) is 35.5. The quantitative estimate of drug-likeness (QED) is 0.0442. The fourth-order valence-corrected chi connectivity index (χ4v) is 14.0. The zero-order valence-electron chi connectivity index (χ0n) is 49.8. The molecule has 1 aliphatic rings. The van der Waals surface area contributed by atoms with E-state index in [0.717, 1.165) is 29.6 Å². The lowest BCUT2D eigenvalue weighted by molar-refractivity contribution is 0.290. The standard InChI is InChI=1S/C66H134N2S2/c1-8-12-16-20-24-29-37-45-62(5)46-38-30-27-33-41-49-63(47-39-31-25-21-17-13-9-2)53-55-67(6)57-59-69-70-60-58-68(7)56-54-64(48-40-32-26-22-18-14-10-3)50-42-34-28-36-44-52-66-61-65(66)51-43-35-23-19-15-11-4/h62-66H,8-61H2,1-7H3. The van der Waals surface area contributed by atoms with Crippen molar-refractivity contribution in [2.75, 3.05) is 51.8 Å². The average molecular weight is 1020 g/mol. The van der Waals surface area contributed by atoms with E-state index in [1.807, 2.05) is 0 Å². The summed E-state index contributed by atoms with van der Waals surface area (Å²) in [4.78, 5) is 5.33. The van der Waals surface area contributed by atoms with Crippen LogP contribution in [0.25, 0.3) is 0 Å². The summed E-state index contributed by atoms with van der Waals surface area (Å²) < 4.78 is 0. The molecular formula is C66H134N2S2. The van der Waals surface area contributed by atoms with E-state index in [0.29, 0.717) is 0 Å². The second kappa shape index (κ2) is 54.4. The Labute approximate surface area is 453 Å². The number of hydrogen-bond acceptors (Lipinski definition) is 4. The highest BCUT2D eigenvalue weighted by Crippen LogP contribution is 2.46. The van der Waals surface area contributed by atoms with Gasteiger partial charge in [0.05, 0.1) is 0 Å². The number of rotatable bonds is 60. The van der Waals surface area contributed by atoms with Crippen LogP contribution < -0.4 is 0 Å². The molecule has 0 N–H and O–H groups in total. The van der Waals surface area contributed by atoms with Crippen molar-refractivity contribution in [3.05, 3.63) is 0 Å². The molecule has 2 nitrogen and oxygen atoms in total. The highest BCUT2D eigenvalue weighted by molar-refractivity contribution is 8.76. The van der Waals surface area contributed by atoms with Crippen molar-refractivity contribution in [2.24, 2.45) is 29.6 Å². The molecule has 4 heteroatoms. The fourth-order valence-electron chi connectivity index (χ4n) is 11.8. The topological polar surface area (TPSA) is 6.48 Å². The van der Waals surface area contributed by atoms with Crippen LogP contribution in [-0.4, -0.2) is 61.6 Å². The van der Waals surface area contributed by atoms with E-state index in [2.05, 4.69) is 80.1 Å². The van der Waals surface area contributed by atoms with Gasteiger partial charge in [0.2, 0.25) is 0 Å². The third-order valence-corrected chi connectivity index (χ3v) is 19.6. The van der Waals surface area contributed by atoms with Gasteiger partial charge in [-0.3, -0.25) is 0 Å². The molecule has 1 aliphatic carbocycles. The number of hydrogen-bond donors (Lipinski definition) is 0. The van der Waals surface area contributed by atoms with Gasteiger partial charge in [-0.05, 0) is 76.0 Å². The monoisotopic (exact) mass is 1020 g/mol. The van der Waals surface area contributed by atoms with Crippen LogP contribution in [0.5, 0.6) is 0 Å². The minimum atomic E-state index is 0.943. The Morgan fingerprint density at radius 3 is 0.871 bits per heavy atom. The van der Waals surface area contributed by atoms with E-state index in [9.17, 15) is 0 Å².